The zero-order valence-corrected chi connectivity index (χ0v) is 8.64. The Bertz CT molecular complexity index is 509. The molecule has 1 aromatic carbocycles. The van der Waals surface area contributed by atoms with Gasteiger partial charge in [0.1, 0.15) is 11.9 Å². The minimum absolute atomic E-state index is 0.234. The average Bonchev–Trinajstić information content (AvgIpc) is 2.77. The van der Waals surface area contributed by atoms with Crippen molar-refractivity contribution in [2.75, 3.05) is 6.61 Å². The van der Waals surface area contributed by atoms with E-state index in [0.29, 0.717) is 12.2 Å². The molecule has 82 valence electrons. The first-order valence-corrected chi connectivity index (χ1v) is 5.24. The maximum absolute atomic E-state index is 13.7. The van der Waals surface area contributed by atoms with Crippen LogP contribution in [0.2, 0.25) is 0 Å². The lowest BCUT2D eigenvalue weighted by Crippen LogP contribution is -2.23. The normalized spacial score (nSPS) is 19.4. The number of aromatic nitrogens is 2. The van der Waals surface area contributed by atoms with Crippen LogP contribution >= 0.6 is 0 Å². The van der Waals surface area contributed by atoms with Gasteiger partial charge >= 0.3 is 0 Å². The summed E-state index contributed by atoms with van der Waals surface area (Å²) in [6.07, 6.45) is 1.38. The lowest BCUT2D eigenvalue weighted by molar-refractivity contribution is 0.0401. The number of nitrogens with zero attached hydrogens (tertiary/aromatic N) is 2. The smallest absolute Gasteiger partial charge is 0.129 e. The molecule has 0 saturated heterocycles. The number of rotatable bonds is 1. The first-order chi connectivity index (χ1) is 7.86. The summed E-state index contributed by atoms with van der Waals surface area (Å²) in [6, 6.07) is 8.57. The molecule has 0 spiro atoms. The van der Waals surface area contributed by atoms with Gasteiger partial charge in [-0.1, -0.05) is 18.2 Å². The molecule has 0 bridgehead atoms. The SMILES string of the molecule is Fc1ccccc1C1OCCn2nccc21. The predicted octanol–water partition coefficient (Wildman–Crippen LogP) is 2.14. The van der Waals surface area contributed by atoms with Gasteiger partial charge in [0, 0.05) is 11.8 Å². The van der Waals surface area contributed by atoms with E-state index in [1.54, 1.807) is 18.3 Å². The molecule has 3 rings (SSSR count). The minimum Gasteiger partial charge on any atom is -0.365 e. The molecule has 3 nitrogen and oxygen atoms in total. The second kappa shape index (κ2) is 3.72. The highest BCUT2D eigenvalue weighted by Gasteiger charge is 2.25. The fourth-order valence-electron chi connectivity index (χ4n) is 2.03. The van der Waals surface area contributed by atoms with Crippen LogP contribution in [-0.2, 0) is 11.3 Å². The summed E-state index contributed by atoms with van der Waals surface area (Å²) in [5, 5.41) is 4.18. The van der Waals surface area contributed by atoms with E-state index in [2.05, 4.69) is 5.10 Å². The Kier molecular flexibility index (Phi) is 2.22. The number of hydrogen-bond acceptors (Lipinski definition) is 2. The van der Waals surface area contributed by atoms with Gasteiger partial charge in [-0.25, -0.2) is 4.39 Å². The van der Waals surface area contributed by atoms with Crippen LogP contribution in [0.3, 0.4) is 0 Å². The predicted molar refractivity (Wildman–Crippen MR) is 56.4 cm³/mol. The topological polar surface area (TPSA) is 27.1 Å². The van der Waals surface area contributed by atoms with Crippen LogP contribution in [0.25, 0.3) is 0 Å². The minimum atomic E-state index is -0.336. The van der Waals surface area contributed by atoms with Crippen molar-refractivity contribution in [2.24, 2.45) is 0 Å². The number of benzene rings is 1. The number of halogens is 1. The summed E-state index contributed by atoms with van der Waals surface area (Å²) in [6.45, 7) is 1.29. The summed E-state index contributed by atoms with van der Waals surface area (Å²) in [5.74, 6) is -0.234. The molecular formula is C12H11FN2O. The van der Waals surface area contributed by atoms with Crippen molar-refractivity contribution in [2.45, 2.75) is 12.6 Å². The van der Waals surface area contributed by atoms with Crippen LogP contribution in [-0.4, -0.2) is 16.4 Å². The lowest BCUT2D eigenvalue weighted by Gasteiger charge is -2.24. The molecule has 0 aliphatic carbocycles. The van der Waals surface area contributed by atoms with Gasteiger partial charge in [-0.3, -0.25) is 4.68 Å². The van der Waals surface area contributed by atoms with Gasteiger partial charge in [0.15, 0.2) is 0 Å². The Balaban J connectivity index is 2.08. The fraction of sp³-hybridized carbons (Fsp3) is 0.250. The molecule has 4 heteroatoms. The first-order valence-electron chi connectivity index (χ1n) is 5.24. The molecule has 1 atom stereocenters. The van der Waals surface area contributed by atoms with Crippen molar-refractivity contribution in [3.63, 3.8) is 0 Å². The molecule has 16 heavy (non-hydrogen) atoms. The Morgan fingerprint density at radius 2 is 2.19 bits per heavy atom. The Morgan fingerprint density at radius 3 is 3.06 bits per heavy atom. The van der Waals surface area contributed by atoms with E-state index >= 15 is 0 Å². The third kappa shape index (κ3) is 1.42. The van der Waals surface area contributed by atoms with Crippen LogP contribution in [0, 0.1) is 5.82 Å². The largest absolute Gasteiger partial charge is 0.365 e. The summed E-state index contributed by atoms with van der Waals surface area (Å²) in [7, 11) is 0. The van der Waals surface area contributed by atoms with Gasteiger partial charge in [0.2, 0.25) is 0 Å². The molecule has 0 fully saturated rings. The Labute approximate surface area is 92.5 Å². The van der Waals surface area contributed by atoms with Crippen LogP contribution in [0.15, 0.2) is 36.5 Å². The molecule has 2 aromatic rings. The fourth-order valence-corrected chi connectivity index (χ4v) is 2.03. The van der Waals surface area contributed by atoms with Crippen LogP contribution in [0.4, 0.5) is 4.39 Å². The van der Waals surface area contributed by atoms with E-state index in [-0.39, 0.29) is 11.9 Å². The van der Waals surface area contributed by atoms with E-state index in [1.807, 2.05) is 16.8 Å². The zero-order valence-electron chi connectivity index (χ0n) is 8.64. The van der Waals surface area contributed by atoms with Crippen LogP contribution < -0.4 is 0 Å². The zero-order chi connectivity index (χ0) is 11.0. The maximum Gasteiger partial charge on any atom is 0.129 e. The molecule has 2 heterocycles. The summed E-state index contributed by atoms with van der Waals surface area (Å²) >= 11 is 0. The molecule has 0 radical (unpaired) electrons. The molecule has 1 unspecified atom stereocenters. The van der Waals surface area contributed by atoms with Gasteiger partial charge in [0.25, 0.3) is 0 Å². The van der Waals surface area contributed by atoms with Crippen molar-refractivity contribution in [1.29, 1.82) is 0 Å². The van der Waals surface area contributed by atoms with Gasteiger partial charge in [-0.15, -0.1) is 0 Å². The monoisotopic (exact) mass is 218 g/mol. The highest BCUT2D eigenvalue weighted by atomic mass is 19.1. The van der Waals surface area contributed by atoms with E-state index < -0.39 is 0 Å². The van der Waals surface area contributed by atoms with Gasteiger partial charge in [-0.2, -0.15) is 5.10 Å². The number of ether oxygens (including phenoxy) is 1. The van der Waals surface area contributed by atoms with Gasteiger partial charge in [-0.05, 0) is 12.1 Å². The molecule has 0 amide bonds. The first kappa shape index (κ1) is 9.54. The van der Waals surface area contributed by atoms with E-state index in [1.165, 1.54) is 6.07 Å². The second-order valence-electron chi connectivity index (χ2n) is 3.75. The van der Waals surface area contributed by atoms with Crippen LogP contribution in [0.1, 0.15) is 17.4 Å². The van der Waals surface area contributed by atoms with Crippen LogP contribution in [0.5, 0.6) is 0 Å². The van der Waals surface area contributed by atoms with E-state index in [4.69, 9.17) is 4.74 Å². The highest BCUT2D eigenvalue weighted by molar-refractivity contribution is 5.27. The maximum atomic E-state index is 13.7. The van der Waals surface area contributed by atoms with Gasteiger partial charge in [0.05, 0.1) is 18.8 Å². The third-order valence-electron chi connectivity index (χ3n) is 2.79. The number of fused-ring (bicyclic) bond motifs is 1. The molecular weight excluding hydrogens is 207 g/mol. The summed E-state index contributed by atoms with van der Waals surface area (Å²) in [5.41, 5.74) is 1.49. The van der Waals surface area contributed by atoms with Crippen molar-refractivity contribution in [1.82, 2.24) is 9.78 Å². The standard InChI is InChI=1S/C12H11FN2O/c13-10-4-2-1-3-9(10)12-11-5-6-14-15(11)7-8-16-12/h1-6,12H,7-8H2. The Morgan fingerprint density at radius 1 is 1.31 bits per heavy atom. The van der Waals surface area contributed by atoms with Crippen molar-refractivity contribution in [3.8, 4) is 0 Å². The molecule has 0 saturated carbocycles. The molecule has 1 aliphatic heterocycles. The summed E-state index contributed by atoms with van der Waals surface area (Å²) < 4.78 is 21.2. The quantitative estimate of drug-likeness (QED) is 0.733. The lowest BCUT2D eigenvalue weighted by atomic mass is 10.1. The van der Waals surface area contributed by atoms with E-state index in [9.17, 15) is 4.39 Å². The van der Waals surface area contributed by atoms with Crippen molar-refractivity contribution >= 4 is 0 Å². The Hall–Kier alpha value is -1.68. The number of hydrogen-bond donors (Lipinski definition) is 0. The third-order valence-corrected chi connectivity index (χ3v) is 2.79. The van der Waals surface area contributed by atoms with Gasteiger partial charge < -0.3 is 4.74 Å². The molecule has 1 aliphatic rings. The molecule has 1 aromatic heterocycles. The molecule has 0 N–H and O–H groups in total. The average molecular weight is 218 g/mol. The summed E-state index contributed by atoms with van der Waals surface area (Å²) in [4.78, 5) is 0. The van der Waals surface area contributed by atoms with E-state index in [0.717, 1.165) is 12.2 Å². The van der Waals surface area contributed by atoms with Crippen molar-refractivity contribution < 1.29 is 9.13 Å². The highest BCUT2D eigenvalue weighted by Crippen LogP contribution is 2.30. The second-order valence-corrected chi connectivity index (χ2v) is 3.75. The van der Waals surface area contributed by atoms with Crippen molar-refractivity contribution in [3.05, 3.63) is 53.6 Å².